The maximum atomic E-state index is 11.0. The molecule has 28 heavy (non-hydrogen) atoms. The van der Waals surface area contributed by atoms with Crippen LogP contribution < -0.4 is 4.74 Å². The van der Waals surface area contributed by atoms with Gasteiger partial charge in [0.2, 0.25) is 0 Å². The Balaban J connectivity index is 1.73. The van der Waals surface area contributed by atoms with Crippen molar-refractivity contribution in [3.05, 3.63) is 29.8 Å². The SMILES string of the molecule is CCC(=O)COCCOCCOCCOCCOCCOc1ccc(C)cc1. The molecule has 0 atom stereocenters. The molecular weight excluding hydrogens is 364 g/mol. The van der Waals surface area contributed by atoms with Crippen LogP contribution in [-0.2, 0) is 28.5 Å². The van der Waals surface area contributed by atoms with Crippen molar-refractivity contribution in [2.45, 2.75) is 20.3 Å². The Bertz CT molecular complexity index is 490. The van der Waals surface area contributed by atoms with Gasteiger partial charge < -0.3 is 28.4 Å². The molecular formula is C21H34O7. The number of carbonyl (C=O) groups is 1. The highest BCUT2D eigenvalue weighted by Crippen LogP contribution is 2.10. The van der Waals surface area contributed by atoms with Crippen LogP contribution in [0.2, 0.25) is 0 Å². The second-order valence-electron chi connectivity index (χ2n) is 6.06. The number of aryl methyl sites for hydroxylation is 1. The molecule has 0 aliphatic rings. The lowest BCUT2D eigenvalue weighted by Gasteiger charge is -2.08. The molecule has 0 amide bonds. The van der Waals surface area contributed by atoms with Crippen molar-refractivity contribution in [2.75, 3.05) is 72.7 Å². The molecule has 0 saturated carbocycles. The fraction of sp³-hybridized carbons (Fsp3) is 0.667. The van der Waals surface area contributed by atoms with Gasteiger partial charge in [0.05, 0.1) is 59.5 Å². The number of carbonyl (C=O) groups excluding carboxylic acids is 1. The van der Waals surface area contributed by atoms with Crippen molar-refractivity contribution in [3.8, 4) is 5.75 Å². The van der Waals surface area contributed by atoms with E-state index in [4.69, 9.17) is 28.4 Å². The molecule has 0 radical (unpaired) electrons. The van der Waals surface area contributed by atoms with Crippen LogP contribution >= 0.6 is 0 Å². The average molecular weight is 398 g/mol. The molecule has 0 heterocycles. The Morgan fingerprint density at radius 3 is 1.57 bits per heavy atom. The maximum Gasteiger partial charge on any atom is 0.158 e. The largest absolute Gasteiger partial charge is 0.491 e. The number of ether oxygens (including phenoxy) is 6. The summed E-state index contributed by atoms with van der Waals surface area (Å²) < 4.78 is 32.3. The van der Waals surface area contributed by atoms with E-state index in [1.807, 2.05) is 38.1 Å². The van der Waals surface area contributed by atoms with Crippen LogP contribution in [0.1, 0.15) is 18.9 Å². The summed E-state index contributed by atoms with van der Waals surface area (Å²) in [5.74, 6) is 0.954. The Morgan fingerprint density at radius 1 is 0.679 bits per heavy atom. The predicted molar refractivity (Wildman–Crippen MR) is 106 cm³/mol. The van der Waals surface area contributed by atoms with Gasteiger partial charge in [-0.15, -0.1) is 0 Å². The van der Waals surface area contributed by atoms with Crippen LogP contribution in [0.4, 0.5) is 0 Å². The van der Waals surface area contributed by atoms with Gasteiger partial charge in [0.1, 0.15) is 19.0 Å². The second kappa shape index (κ2) is 17.6. The zero-order valence-electron chi connectivity index (χ0n) is 17.2. The molecule has 7 nitrogen and oxygen atoms in total. The lowest BCUT2D eigenvalue weighted by molar-refractivity contribution is -0.123. The first kappa shape index (κ1) is 24.5. The van der Waals surface area contributed by atoms with Crippen LogP contribution in [-0.4, -0.2) is 78.5 Å². The van der Waals surface area contributed by atoms with Crippen molar-refractivity contribution < 1.29 is 33.2 Å². The third-order valence-corrected chi connectivity index (χ3v) is 3.66. The van der Waals surface area contributed by atoms with E-state index < -0.39 is 0 Å². The average Bonchev–Trinajstić information content (AvgIpc) is 2.71. The van der Waals surface area contributed by atoms with Crippen LogP contribution in [0.15, 0.2) is 24.3 Å². The number of hydrogen-bond donors (Lipinski definition) is 0. The lowest BCUT2D eigenvalue weighted by atomic mass is 10.2. The first-order chi connectivity index (χ1) is 13.7. The molecule has 0 bridgehead atoms. The summed E-state index contributed by atoms with van der Waals surface area (Å²) in [6.07, 6.45) is 0.505. The highest BCUT2D eigenvalue weighted by Gasteiger charge is 1.98. The Kier molecular flexibility index (Phi) is 15.4. The van der Waals surface area contributed by atoms with Gasteiger partial charge in [0.15, 0.2) is 5.78 Å². The van der Waals surface area contributed by atoms with E-state index in [0.717, 1.165) is 5.75 Å². The van der Waals surface area contributed by atoms with E-state index >= 15 is 0 Å². The number of Topliss-reactive ketones (excluding diaryl/α,β-unsaturated/α-hetero) is 1. The maximum absolute atomic E-state index is 11.0. The second-order valence-corrected chi connectivity index (χ2v) is 6.06. The molecule has 0 aliphatic carbocycles. The van der Waals surface area contributed by atoms with E-state index in [0.29, 0.717) is 72.5 Å². The number of rotatable bonds is 19. The van der Waals surface area contributed by atoms with Crippen molar-refractivity contribution in [3.63, 3.8) is 0 Å². The Hall–Kier alpha value is -1.51. The smallest absolute Gasteiger partial charge is 0.158 e. The topological polar surface area (TPSA) is 72.5 Å². The van der Waals surface area contributed by atoms with Gasteiger partial charge in [-0.25, -0.2) is 0 Å². The van der Waals surface area contributed by atoms with Gasteiger partial charge in [0, 0.05) is 6.42 Å². The van der Waals surface area contributed by atoms with Gasteiger partial charge in [-0.2, -0.15) is 0 Å². The molecule has 1 rings (SSSR count). The third kappa shape index (κ3) is 14.5. The van der Waals surface area contributed by atoms with Crippen molar-refractivity contribution in [2.24, 2.45) is 0 Å². The molecule has 1 aromatic carbocycles. The zero-order chi connectivity index (χ0) is 20.3. The fourth-order valence-electron chi connectivity index (χ4n) is 2.02. The monoisotopic (exact) mass is 398 g/mol. The van der Waals surface area contributed by atoms with E-state index in [1.165, 1.54) is 5.56 Å². The number of benzene rings is 1. The molecule has 0 fully saturated rings. The predicted octanol–water partition coefficient (Wildman–Crippen LogP) is 2.44. The van der Waals surface area contributed by atoms with Gasteiger partial charge in [-0.3, -0.25) is 4.79 Å². The minimum Gasteiger partial charge on any atom is -0.491 e. The molecule has 0 aliphatic heterocycles. The Morgan fingerprint density at radius 2 is 1.11 bits per heavy atom. The highest BCUT2D eigenvalue weighted by atomic mass is 16.6. The third-order valence-electron chi connectivity index (χ3n) is 3.66. The van der Waals surface area contributed by atoms with E-state index in [9.17, 15) is 4.79 Å². The first-order valence-corrected chi connectivity index (χ1v) is 9.82. The summed E-state index contributed by atoms with van der Waals surface area (Å²) in [6, 6.07) is 7.94. The minimum absolute atomic E-state index is 0.101. The van der Waals surface area contributed by atoms with E-state index in [-0.39, 0.29) is 12.4 Å². The molecule has 0 saturated heterocycles. The van der Waals surface area contributed by atoms with Crippen LogP contribution in [0.5, 0.6) is 5.75 Å². The van der Waals surface area contributed by atoms with Crippen molar-refractivity contribution >= 4 is 5.78 Å². The molecule has 0 aromatic heterocycles. The van der Waals surface area contributed by atoms with Gasteiger partial charge >= 0.3 is 0 Å². The molecule has 160 valence electrons. The van der Waals surface area contributed by atoms with Crippen LogP contribution in [0.3, 0.4) is 0 Å². The van der Waals surface area contributed by atoms with Gasteiger partial charge in [-0.05, 0) is 19.1 Å². The van der Waals surface area contributed by atoms with Crippen LogP contribution in [0, 0.1) is 6.92 Å². The summed E-state index contributed by atoms with van der Waals surface area (Å²) in [5.41, 5.74) is 1.21. The van der Waals surface area contributed by atoms with Crippen LogP contribution in [0.25, 0.3) is 0 Å². The highest BCUT2D eigenvalue weighted by molar-refractivity contribution is 5.79. The van der Waals surface area contributed by atoms with Gasteiger partial charge in [0.25, 0.3) is 0 Å². The lowest BCUT2D eigenvalue weighted by Crippen LogP contribution is -2.15. The molecule has 0 N–H and O–H groups in total. The summed E-state index contributed by atoms with van der Waals surface area (Å²) in [4.78, 5) is 11.0. The first-order valence-electron chi connectivity index (χ1n) is 9.82. The summed E-state index contributed by atoms with van der Waals surface area (Å²) in [7, 11) is 0. The molecule has 0 spiro atoms. The van der Waals surface area contributed by atoms with Crippen molar-refractivity contribution in [1.82, 2.24) is 0 Å². The summed E-state index contributed by atoms with van der Waals surface area (Å²) in [5, 5.41) is 0. The minimum atomic E-state index is 0.101. The quantitative estimate of drug-likeness (QED) is 0.331. The fourth-order valence-corrected chi connectivity index (χ4v) is 2.02. The molecule has 7 heteroatoms. The number of ketones is 1. The van der Waals surface area contributed by atoms with E-state index in [2.05, 4.69) is 0 Å². The number of hydrogen-bond acceptors (Lipinski definition) is 7. The summed E-state index contributed by atoms with van der Waals surface area (Å²) in [6.45, 7) is 9.05. The normalized spacial score (nSPS) is 10.9. The van der Waals surface area contributed by atoms with Gasteiger partial charge in [-0.1, -0.05) is 24.6 Å². The van der Waals surface area contributed by atoms with E-state index in [1.54, 1.807) is 0 Å². The molecule has 0 unspecified atom stereocenters. The Labute approximate surface area is 168 Å². The zero-order valence-corrected chi connectivity index (χ0v) is 17.2. The molecule has 1 aromatic rings. The standard InChI is InChI=1S/C21H34O7/c1-3-20(22)18-27-15-14-25-11-10-23-8-9-24-12-13-26-16-17-28-21-6-4-19(2)5-7-21/h4-7H,3,8-18H2,1-2H3. The van der Waals surface area contributed by atoms with Crippen molar-refractivity contribution in [1.29, 1.82) is 0 Å². The summed E-state index contributed by atoms with van der Waals surface area (Å²) >= 11 is 0.